The molecule has 0 radical (unpaired) electrons. The van der Waals surface area contributed by atoms with Crippen LogP contribution in [0.5, 0.6) is 0 Å². The number of hydrogen-bond acceptors (Lipinski definition) is 7. The minimum atomic E-state index is -0.375. The summed E-state index contributed by atoms with van der Waals surface area (Å²) in [6.45, 7) is 8.17. The number of carbonyl (C=O) groups is 2. The first-order chi connectivity index (χ1) is 28.0. The molecule has 1 heterocycles. The average molecular weight is 804 g/mol. The molecule has 0 aliphatic heterocycles. The molecular weight excluding hydrogens is 711 g/mol. The second-order valence-corrected chi connectivity index (χ2v) is 17.3. The van der Waals surface area contributed by atoms with Gasteiger partial charge in [-0.05, 0) is 83.4 Å². The van der Waals surface area contributed by atoms with Gasteiger partial charge in [-0.2, -0.15) is 5.10 Å². The van der Waals surface area contributed by atoms with Gasteiger partial charge in [-0.15, -0.1) is 0 Å². The number of hydrogen-bond donors (Lipinski definition) is 1. The van der Waals surface area contributed by atoms with Crippen molar-refractivity contribution in [3.8, 4) is 0 Å². The molecule has 1 aromatic rings. The molecule has 0 aromatic carbocycles. The number of nitrogens with zero attached hydrogens (tertiary/aromatic N) is 3. The number of unbranched alkanes of at least 4 members (excludes halogenated alkanes) is 25. The first-order valence-corrected chi connectivity index (χ1v) is 24.6. The number of aliphatic hydroxyl groups excluding tert-OH is 1. The second-order valence-electron chi connectivity index (χ2n) is 17.3. The lowest BCUT2D eigenvalue weighted by atomic mass is 9.91. The number of aliphatic hydroxyl groups is 1. The molecule has 0 aliphatic rings. The normalized spacial score (nSPS) is 12.6. The molecule has 1 N–H and O–H groups in total. The Morgan fingerprint density at radius 1 is 0.579 bits per heavy atom. The Labute approximate surface area is 352 Å². The van der Waals surface area contributed by atoms with Crippen LogP contribution in [0, 0.1) is 5.92 Å². The van der Waals surface area contributed by atoms with Gasteiger partial charge in [0.25, 0.3) is 0 Å². The highest BCUT2D eigenvalue weighted by Gasteiger charge is 2.21. The Balaban J connectivity index is 2.19. The third-order valence-corrected chi connectivity index (χ3v) is 11.7. The van der Waals surface area contributed by atoms with Crippen LogP contribution in [0.2, 0.25) is 0 Å². The lowest BCUT2D eigenvalue weighted by molar-refractivity contribution is -0.144. The fourth-order valence-corrected chi connectivity index (χ4v) is 7.95. The maximum atomic E-state index is 12.3. The quantitative estimate of drug-likeness (QED) is 0.0518. The zero-order valence-electron chi connectivity index (χ0n) is 37.9. The molecular formula is C49H93N3O5. The molecule has 0 spiro atoms. The Kier molecular flexibility index (Phi) is 38.0. The minimum absolute atomic E-state index is 0.0622. The fraction of sp³-hybridized carbons (Fsp3) is 0.898. The van der Waals surface area contributed by atoms with Crippen LogP contribution in [0.15, 0.2) is 18.5 Å². The first-order valence-electron chi connectivity index (χ1n) is 24.6. The van der Waals surface area contributed by atoms with Crippen molar-refractivity contribution in [3.63, 3.8) is 0 Å². The summed E-state index contributed by atoms with van der Waals surface area (Å²) < 4.78 is 13.1. The molecule has 0 fully saturated rings. The number of aryl methyl sites for hydroxylation is 1. The summed E-state index contributed by atoms with van der Waals surface area (Å²) in [5.74, 6) is 0.0447. The van der Waals surface area contributed by atoms with Crippen LogP contribution in [0.3, 0.4) is 0 Å². The molecule has 0 amide bonds. The van der Waals surface area contributed by atoms with Crippen LogP contribution in [0.25, 0.3) is 0 Å². The van der Waals surface area contributed by atoms with Gasteiger partial charge in [-0.25, -0.2) is 0 Å². The van der Waals surface area contributed by atoms with E-state index in [4.69, 9.17) is 9.47 Å². The van der Waals surface area contributed by atoms with Gasteiger partial charge in [0.05, 0.1) is 19.3 Å². The smallest absolute Gasteiger partial charge is 0.305 e. The van der Waals surface area contributed by atoms with Crippen LogP contribution in [0.4, 0.5) is 0 Å². The Morgan fingerprint density at radius 2 is 1.00 bits per heavy atom. The molecule has 0 saturated carbocycles. The molecule has 2 unspecified atom stereocenters. The van der Waals surface area contributed by atoms with Gasteiger partial charge in [0, 0.05) is 38.3 Å². The van der Waals surface area contributed by atoms with Crippen molar-refractivity contribution >= 4 is 11.9 Å². The maximum absolute atomic E-state index is 12.3. The third kappa shape index (κ3) is 35.7. The third-order valence-electron chi connectivity index (χ3n) is 11.7. The first kappa shape index (κ1) is 53.1. The summed E-state index contributed by atoms with van der Waals surface area (Å²) in [6, 6.07) is 1.96. The summed E-state index contributed by atoms with van der Waals surface area (Å²) in [5.41, 5.74) is 0. The van der Waals surface area contributed by atoms with E-state index < -0.39 is 0 Å². The van der Waals surface area contributed by atoms with Crippen LogP contribution in [-0.2, 0) is 25.6 Å². The Morgan fingerprint density at radius 3 is 1.46 bits per heavy atom. The van der Waals surface area contributed by atoms with E-state index in [1.54, 1.807) is 0 Å². The van der Waals surface area contributed by atoms with Crippen molar-refractivity contribution in [1.82, 2.24) is 14.7 Å². The van der Waals surface area contributed by atoms with Gasteiger partial charge in [-0.1, -0.05) is 162 Å². The van der Waals surface area contributed by atoms with E-state index in [0.717, 1.165) is 96.7 Å². The second kappa shape index (κ2) is 40.8. The van der Waals surface area contributed by atoms with Gasteiger partial charge in [0.15, 0.2) is 0 Å². The van der Waals surface area contributed by atoms with Crippen LogP contribution < -0.4 is 0 Å². The summed E-state index contributed by atoms with van der Waals surface area (Å²) in [4.78, 5) is 26.9. The summed E-state index contributed by atoms with van der Waals surface area (Å²) in [6.07, 6.45) is 42.6. The number of ether oxygens (including phenoxy) is 2. The molecule has 334 valence electrons. The SMILES string of the molecule is CCCCCCCCCCCCCCC(=O)OCCCCCC(O)C(CCCCOC(=O)CCCCCCCCCCCCCC)CN(C)CCCn1cccn1. The molecule has 1 aromatic heterocycles. The molecule has 8 nitrogen and oxygen atoms in total. The van der Waals surface area contributed by atoms with Crippen molar-refractivity contribution in [2.24, 2.45) is 5.92 Å². The van der Waals surface area contributed by atoms with Gasteiger partial charge in [0.1, 0.15) is 0 Å². The fourth-order valence-electron chi connectivity index (χ4n) is 7.95. The number of esters is 2. The average Bonchev–Trinajstić information content (AvgIpc) is 3.73. The maximum Gasteiger partial charge on any atom is 0.305 e. The van der Waals surface area contributed by atoms with Crippen LogP contribution >= 0.6 is 0 Å². The molecule has 57 heavy (non-hydrogen) atoms. The van der Waals surface area contributed by atoms with Gasteiger partial charge >= 0.3 is 11.9 Å². The zero-order chi connectivity index (χ0) is 41.3. The van der Waals surface area contributed by atoms with Crippen LogP contribution in [0.1, 0.15) is 232 Å². The number of aromatic nitrogens is 2. The highest BCUT2D eigenvalue weighted by Crippen LogP contribution is 2.21. The van der Waals surface area contributed by atoms with E-state index in [1.807, 2.05) is 23.1 Å². The zero-order valence-corrected chi connectivity index (χ0v) is 37.9. The predicted octanol–water partition coefficient (Wildman–Crippen LogP) is 13.2. The Hall–Kier alpha value is -1.93. The lowest BCUT2D eigenvalue weighted by Crippen LogP contribution is -2.34. The van der Waals surface area contributed by atoms with Crippen molar-refractivity contribution in [2.45, 2.75) is 245 Å². The summed E-state index contributed by atoms with van der Waals surface area (Å²) in [5, 5.41) is 15.6. The van der Waals surface area contributed by atoms with E-state index >= 15 is 0 Å². The monoisotopic (exact) mass is 804 g/mol. The highest BCUT2D eigenvalue weighted by atomic mass is 16.5. The highest BCUT2D eigenvalue weighted by molar-refractivity contribution is 5.69. The standard InChI is InChI=1S/C49H93N3O5/c1-4-6-8-10-12-14-16-18-20-22-24-28-37-48(54)56-43-31-26-27-36-47(53)46(45-51(3)40-34-42-52-41-33-39-50-52)35-30-32-44-57-49(55)38-29-25-23-21-19-17-15-13-11-9-7-5-2/h33,39,41,46-47,53H,4-32,34-38,40,42-45H2,1-3H3. The van der Waals surface area contributed by atoms with Crippen molar-refractivity contribution in [3.05, 3.63) is 18.5 Å². The van der Waals surface area contributed by atoms with E-state index in [1.165, 1.54) is 128 Å². The van der Waals surface area contributed by atoms with E-state index in [9.17, 15) is 14.7 Å². The summed E-state index contributed by atoms with van der Waals surface area (Å²) >= 11 is 0. The molecule has 1 rings (SSSR count). The van der Waals surface area contributed by atoms with Crippen molar-refractivity contribution in [2.75, 3.05) is 33.4 Å². The van der Waals surface area contributed by atoms with Crippen molar-refractivity contribution in [1.29, 1.82) is 0 Å². The largest absolute Gasteiger partial charge is 0.466 e. The number of rotatable bonds is 44. The molecule has 8 heteroatoms. The van der Waals surface area contributed by atoms with Gasteiger partial charge < -0.3 is 19.5 Å². The van der Waals surface area contributed by atoms with Crippen molar-refractivity contribution < 1.29 is 24.2 Å². The molecule has 0 aliphatic carbocycles. The van der Waals surface area contributed by atoms with E-state index in [0.29, 0.717) is 26.1 Å². The van der Waals surface area contributed by atoms with E-state index in [2.05, 4.69) is 30.9 Å². The van der Waals surface area contributed by atoms with Crippen LogP contribution in [-0.4, -0.2) is 71.2 Å². The lowest BCUT2D eigenvalue weighted by Gasteiger charge is -2.28. The topological polar surface area (TPSA) is 93.9 Å². The predicted molar refractivity (Wildman–Crippen MR) is 239 cm³/mol. The molecule has 2 atom stereocenters. The van der Waals surface area contributed by atoms with Gasteiger partial charge in [0.2, 0.25) is 0 Å². The minimum Gasteiger partial charge on any atom is -0.466 e. The van der Waals surface area contributed by atoms with Gasteiger partial charge in [-0.3, -0.25) is 14.3 Å². The van der Waals surface area contributed by atoms with E-state index in [-0.39, 0.29) is 24.0 Å². The Bertz CT molecular complexity index is 990. The molecule has 0 bridgehead atoms. The number of carbonyl (C=O) groups excluding carboxylic acids is 2. The summed E-state index contributed by atoms with van der Waals surface area (Å²) in [7, 11) is 2.14. The molecule has 0 saturated heterocycles.